The van der Waals surface area contributed by atoms with Gasteiger partial charge in [0.2, 0.25) is 0 Å². The SMILES string of the molecule is N[C@@H](Cc1ccc(O)cc1)C(=O)C[C@@H](Cc1cccc(F)c1)C(=O)O. The Kier molecular flexibility index (Phi) is 6.25. The molecule has 0 fully saturated rings. The van der Waals surface area contributed by atoms with Gasteiger partial charge in [-0.15, -0.1) is 0 Å². The fourth-order valence-electron chi connectivity index (χ4n) is 2.59. The number of benzene rings is 2. The van der Waals surface area contributed by atoms with Crippen molar-refractivity contribution in [3.05, 3.63) is 65.5 Å². The van der Waals surface area contributed by atoms with Crippen LogP contribution >= 0.6 is 0 Å². The lowest BCUT2D eigenvalue weighted by Crippen LogP contribution is -2.35. The van der Waals surface area contributed by atoms with E-state index in [4.69, 9.17) is 5.73 Å². The van der Waals surface area contributed by atoms with Gasteiger partial charge in [-0.1, -0.05) is 24.3 Å². The van der Waals surface area contributed by atoms with E-state index in [-0.39, 0.29) is 30.8 Å². The van der Waals surface area contributed by atoms with Gasteiger partial charge in [0.1, 0.15) is 11.6 Å². The molecule has 5 nitrogen and oxygen atoms in total. The number of carboxylic acid groups (broad SMARTS) is 1. The number of nitrogens with two attached hydrogens (primary N) is 1. The number of halogens is 1. The summed E-state index contributed by atoms with van der Waals surface area (Å²) in [5.74, 6) is -2.77. The average molecular weight is 345 g/mol. The number of carboxylic acids is 1. The second-order valence-corrected chi connectivity index (χ2v) is 6.02. The molecule has 4 N–H and O–H groups in total. The zero-order valence-corrected chi connectivity index (χ0v) is 13.6. The number of hydrogen-bond acceptors (Lipinski definition) is 4. The van der Waals surface area contributed by atoms with Crippen LogP contribution in [-0.2, 0) is 22.4 Å². The van der Waals surface area contributed by atoms with Crippen LogP contribution in [0.5, 0.6) is 5.75 Å². The van der Waals surface area contributed by atoms with Gasteiger partial charge in [-0.05, 0) is 48.2 Å². The molecule has 0 aliphatic carbocycles. The summed E-state index contributed by atoms with van der Waals surface area (Å²) in [4.78, 5) is 23.7. The number of carbonyl (C=O) groups excluding carboxylic acids is 1. The lowest BCUT2D eigenvalue weighted by molar-refractivity contribution is -0.143. The van der Waals surface area contributed by atoms with Crippen molar-refractivity contribution in [3.63, 3.8) is 0 Å². The Bertz CT molecular complexity index is 745. The third-order valence-electron chi connectivity index (χ3n) is 3.97. The van der Waals surface area contributed by atoms with Crippen molar-refractivity contribution in [1.82, 2.24) is 0 Å². The lowest BCUT2D eigenvalue weighted by atomic mass is 9.91. The predicted molar refractivity (Wildman–Crippen MR) is 90.6 cm³/mol. The molecular weight excluding hydrogens is 325 g/mol. The monoisotopic (exact) mass is 345 g/mol. The molecule has 2 rings (SSSR count). The molecule has 0 unspecified atom stereocenters. The summed E-state index contributed by atoms with van der Waals surface area (Å²) < 4.78 is 13.2. The number of carbonyl (C=O) groups is 2. The molecule has 0 saturated heterocycles. The van der Waals surface area contributed by atoms with Gasteiger partial charge in [-0.25, -0.2) is 4.39 Å². The summed E-state index contributed by atoms with van der Waals surface area (Å²) in [6, 6.07) is 11.1. The van der Waals surface area contributed by atoms with Crippen LogP contribution in [-0.4, -0.2) is 28.0 Å². The molecule has 0 amide bonds. The number of hydrogen-bond donors (Lipinski definition) is 3. The molecule has 6 heteroatoms. The highest BCUT2D eigenvalue weighted by Gasteiger charge is 2.25. The van der Waals surface area contributed by atoms with Gasteiger partial charge in [-0.3, -0.25) is 9.59 Å². The number of phenols is 1. The molecule has 0 aliphatic rings. The van der Waals surface area contributed by atoms with E-state index in [9.17, 15) is 24.2 Å². The molecule has 0 aliphatic heterocycles. The van der Waals surface area contributed by atoms with Crippen LogP contribution in [0.2, 0.25) is 0 Å². The van der Waals surface area contributed by atoms with E-state index < -0.39 is 23.7 Å². The van der Waals surface area contributed by atoms with Gasteiger partial charge in [0, 0.05) is 6.42 Å². The molecule has 0 radical (unpaired) electrons. The van der Waals surface area contributed by atoms with Crippen molar-refractivity contribution < 1.29 is 24.2 Å². The van der Waals surface area contributed by atoms with E-state index in [2.05, 4.69) is 0 Å². The molecular formula is C19H20FNO4. The standard InChI is InChI=1S/C19H20FNO4/c20-15-3-1-2-13(9-15)8-14(19(24)25)11-18(23)17(21)10-12-4-6-16(22)7-5-12/h1-7,9,14,17,22H,8,10-11,21H2,(H,24,25)/t14-,17+/m1/s1. The zero-order valence-electron chi connectivity index (χ0n) is 13.6. The zero-order chi connectivity index (χ0) is 18.4. The maximum absolute atomic E-state index is 13.2. The highest BCUT2D eigenvalue weighted by atomic mass is 19.1. The molecule has 2 atom stereocenters. The first-order chi connectivity index (χ1) is 11.8. The van der Waals surface area contributed by atoms with Crippen molar-refractivity contribution in [2.24, 2.45) is 11.7 Å². The molecule has 132 valence electrons. The smallest absolute Gasteiger partial charge is 0.307 e. The first-order valence-corrected chi connectivity index (χ1v) is 7.88. The van der Waals surface area contributed by atoms with E-state index >= 15 is 0 Å². The summed E-state index contributed by atoms with van der Waals surface area (Å²) in [7, 11) is 0. The predicted octanol–water partition coefficient (Wildman–Crippen LogP) is 2.30. The minimum atomic E-state index is -1.12. The Morgan fingerprint density at radius 3 is 2.32 bits per heavy atom. The summed E-state index contributed by atoms with van der Waals surface area (Å²) in [5, 5.41) is 18.6. The number of aliphatic carboxylic acids is 1. The molecule has 2 aromatic carbocycles. The van der Waals surface area contributed by atoms with Crippen LogP contribution in [0.25, 0.3) is 0 Å². The molecule has 0 bridgehead atoms. The Hall–Kier alpha value is -2.73. The van der Waals surface area contributed by atoms with Gasteiger partial charge in [-0.2, -0.15) is 0 Å². The molecule has 0 aromatic heterocycles. The largest absolute Gasteiger partial charge is 0.508 e. The first kappa shape index (κ1) is 18.6. The first-order valence-electron chi connectivity index (χ1n) is 7.88. The topological polar surface area (TPSA) is 101 Å². The summed E-state index contributed by atoms with van der Waals surface area (Å²) in [6.45, 7) is 0. The van der Waals surface area contributed by atoms with Crippen molar-refractivity contribution in [2.45, 2.75) is 25.3 Å². The van der Waals surface area contributed by atoms with Crippen LogP contribution in [0.3, 0.4) is 0 Å². The Balaban J connectivity index is 1.99. The fraction of sp³-hybridized carbons (Fsp3) is 0.263. The second-order valence-electron chi connectivity index (χ2n) is 6.02. The van der Waals surface area contributed by atoms with Crippen LogP contribution < -0.4 is 5.73 Å². The Labute approximate surface area is 144 Å². The van der Waals surface area contributed by atoms with Gasteiger partial charge in [0.15, 0.2) is 5.78 Å². The van der Waals surface area contributed by atoms with Crippen molar-refractivity contribution >= 4 is 11.8 Å². The molecule has 0 saturated carbocycles. The van der Waals surface area contributed by atoms with E-state index in [0.717, 1.165) is 5.56 Å². The summed E-state index contributed by atoms with van der Waals surface area (Å²) in [5.41, 5.74) is 7.18. The van der Waals surface area contributed by atoms with E-state index in [1.807, 2.05) is 0 Å². The normalized spacial score (nSPS) is 13.2. The van der Waals surface area contributed by atoms with Gasteiger partial charge >= 0.3 is 5.97 Å². The minimum absolute atomic E-state index is 0.0603. The lowest BCUT2D eigenvalue weighted by Gasteiger charge is -2.15. The minimum Gasteiger partial charge on any atom is -0.508 e. The Morgan fingerprint density at radius 1 is 1.04 bits per heavy atom. The van der Waals surface area contributed by atoms with Crippen molar-refractivity contribution in [1.29, 1.82) is 0 Å². The number of rotatable bonds is 8. The van der Waals surface area contributed by atoms with Crippen LogP contribution in [0.15, 0.2) is 48.5 Å². The molecule has 25 heavy (non-hydrogen) atoms. The summed E-state index contributed by atoms with van der Waals surface area (Å²) in [6.07, 6.45) is 0.0985. The third kappa shape index (κ3) is 5.69. The van der Waals surface area contributed by atoms with Crippen molar-refractivity contribution in [2.75, 3.05) is 0 Å². The highest BCUT2D eigenvalue weighted by Crippen LogP contribution is 2.17. The van der Waals surface area contributed by atoms with Crippen LogP contribution in [0.4, 0.5) is 4.39 Å². The third-order valence-corrected chi connectivity index (χ3v) is 3.97. The molecule has 0 spiro atoms. The quantitative estimate of drug-likeness (QED) is 0.681. The maximum Gasteiger partial charge on any atom is 0.307 e. The van der Waals surface area contributed by atoms with E-state index in [0.29, 0.717) is 5.56 Å². The van der Waals surface area contributed by atoms with Gasteiger partial charge in [0.05, 0.1) is 12.0 Å². The van der Waals surface area contributed by atoms with Crippen molar-refractivity contribution in [3.8, 4) is 5.75 Å². The summed E-state index contributed by atoms with van der Waals surface area (Å²) >= 11 is 0. The van der Waals surface area contributed by atoms with Crippen LogP contribution in [0.1, 0.15) is 17.5 Å². The number of phenolic OH excluding ortho intramolecular Hbond substituents is 1. The van der Waals surface area contributed by atoms with Gasteiger partial charge in [0.25, 0.3) is 0 Å². The van der Waals surface area contributed by atoms with Crippen LogP contribution in [0, 0.1) is 11.7 Å². The van der Waals surface area contributed by atoms with Gasteiger partial charge < -0.3 is 15.9 Å². The number of Topliss-reactive ketones (excluding diaryl/α,β-unsaturated/α-hetero) is 1. The fourth-order valence-corrected chi connectivity index (χ4v) is 2.59. The molecule has 2 aromatic rings. The maximum atomic E-state index is 13.2. The van der Waals surface area contributed by atoms with E-state index in [1.165, 1.54) is 30.3 Å². The average Bonchev–Trinajstić information content (AvgIpc) is 2.56. The Morgan fingerprint density at radius 2 is 1.72 bits per heavy atom. The second kappa shape index (κ2) is 8.39. The molecule has 0 heterocycles. The number of aromatic hydroxyl groups is 1. The highest BCUT2D eigenvalue weighted by molar-refractivity contribution is 5.88. The number of ketones is 1. The van der Waals surface area contributed by atoms with E-state index in [1.54, 1.807) is 18.2 Å².